The third kappa shape index (κ3) is 3.34. The van der Waals surface area contributed by atoms with Crippen LogP contribution in [0.2, 0.25) is 5.02 Å². The lowest BCUT2D eigenvalue weighted by molar-refractivity contribution is 0.615. The highest BCUT2D eigenvalue weighted by Gasteiger charge is 2.17. The number of hydrogen-bond acceptors (Lipinski definition) is 2. The molecule has 0 aliphatic rings. The lowest BCUT2D eigenvalue weighted by Crippen LogP contribution is -2.23. The molecule has 1 aromatic carbocycles. The molecule has 0 aliphatic carbocycles. The zero-order chi connectivity index (χ0) is 13.8. The van der Waals surface area contributed by atoms with E-state index in [4.69, 9.17) is 11.6 Å². The van der Waals surface area contributed by atoms with Crippen LogP contribution in [-0.2, 0) is 0 Å². The second-order valence-electron chi connectivity index (χ2n) is 4.78. The highest BCUT2D eigenvalue weighted by Crippen LogP contribution is 2.27. The summed E-state index contributed by atoms with van der Waals surface area (Å²) in [6.45, 7) is 7.18. The Bertz CT molecular complexity index is 546. The Morgan fingerprint density at radius 1 is 1.21 bits per heavy atom. The van der Waals surface area contributed by atoms with E-state index >= 15 is 0 Å². The van der Waals surface area contributed by atoms with Crippen molar-refractivity contribution in [2.75, 3.05) is 6.54 Å². The second kappa shape index (κ2) is 6.18. The molecule has 1 N–H and O–H groups in total. The molecule has 1 unspecified atom stereocenters. The van der Waals surface area contributed by atoms with Gasteiger partial charge in [0.05, 0.1) is 16.8 Å². The van der Waals surface area contributed by atoms with Gasteiger partial charge in [-0.1, -0.05) is 47.9 Å². The number of hydrogen-bond donors (Lipinski definition) is 1. The van der Waals surface area contributed by atoms with E-state index in [1.54, 1.807) is 6.20 Å². The van der Waals surface area contributed by atoms with Gasteiger partial charge in [0.1, 0.15) is 0 Å². The highest BCUT2D eigenvalue weighted by atomic mass is 35.5. The van der Waals surface area contributed by atoms with Gasteiger partial charge in [0.2, 0.25) is 0 Å². The lowest BCUT2D eigenvalue weighted by atomic mass is 9.98. The zero-order valence-corrected chi connectivity index (χ0v) is 12.3. The fourth-order valence-electron chi connectivity index (χ4n) is 2.36. The first-order chi connectivity index (χ1) is 9.11. The normalized spacial score (nSPS) is 12.4. The van der Waals surface area contributed by atoms with Crippen LogP contribution < -0.4 is 5.32 Å². The number of aromatic nitrogens is 1. The summed E-state index contributed by atoms with van der Waals surface area (Å²) in [6.07, 6.45) is 1.79. The predicted octanol–water partition coefficient (Wildman–Crippen LogP) is 4.05. The molecule has 2 nitrogen and oxygen atoms in total. The summed E-state index contributed by atoms with van der Waals surface area (Å²) in [5.41, 5.74) is 4.60. The van der Waals surface area contributed by atoms with Crippen molar-refractivity contribution in [3.8, 4) is 0 Å². The summed E-state index contributed by atoms with van der Waals surface area (Å²) >= 11 is 6.28. The topological polar surface area (TPSA) is 24.9 Å². The van der Waals surface area contributed by atoms with Crippen molar-refractivity contribution in [3.05, 3.63) is 63.9 Å². The number of nitrogens with one attached hydrogen (secondary N) is 1. The van der Waals surface area contributed by atoms with Gasteiger partial charge in [0.25, 0.3) is 0 Å². The first-order valence-electron chi connectivity index (χ1n) is 6.53. The highest BCUT2D eigenvalue weighted by molar-refractivity contribution is 6.31. The van der Waals surface area contributed by atoms with Gasteiger partial charge in [0, 0.05) is 6.20 Å². The van der Waals surface area contributed by atoms with Gasteiger partial charge >= 0.3 is 0 Å². The van der Waals surface area contributed by atoms with Gasteiger partial charge in [0.15, 0.2) is 0 Å². The average Bonchev–Trinajstić information content (AvgIpc) is 2.36. The van der Waals surface area contributed by atoms with Crippen molar-refractivity contribution in [2.24, 2.45) is 0 Å². The summed E-state index contributed by atoms with van der Waals surface area (Å²) < 4.78 is 0. The Kier molecular flexibility index (Phi) is 4.56. The Morgan fingerprint density at radius 2 is 1.89 bits per heavy atom. The van der Waals surface area contributed by atoms with Crippen LogP contribution in [0, 0.1) is 13.8 Å². The fourth-order valence-corrected chi connectivity index (χ4v) is 2.59. The van der Waals surface area contributed by atoms with Crippen molar-refractivity contribution in [2.45, 2.75) is 26.8 Å². The standard InChI is InChI=1S/C16H19ClN2/c1-4-18-15(16-14(17)6-5-7-19-16)13-9-11(2)8-12(3)10-13/h5-10,15,18H,4H2,1-3H3. The van der Waals surface area contributed by atoms with Gasteiger partial charge in [-0.05, 0) is 38.1 Å². The van der Waals surface area contributed by atoms with Crippen LogP contribution in [0.5, 0.6) is 0 Å². The van der Waals surface area contributed by atoms with Crippen LogP contribution in [0.15, 0.2) is 36.5 Å². The molecule has 1 atom stereocenters. The van der Waals surface area contributed by atoms with Gasteiger partial charge in [-0.15, -0.1) is 0 Å². The Balaban J connectivity index is 2.48. The van der Waals surface area contributed by atoms with Gasteiger partial charge in [-0.3, -0.25) is 4.98 Å². The maximum absolute atomic E-state index is 6.28. The molecule has 0 aliphatic heterocycles. The van der Waals surface area contributed by atoms with Crippen LogP contribution in [0.4, 0.5) is 0 Å². The van der Waals surface area contributed by atoms with E-state index < -0.39 is 0 Å². The van der Waals surface area contributed by atoms with Gasteiger partial charge in [-0.2, -0.15) is 0 Å². The summed E-state index contributed by atoms with van der Waals surface area (Å²) in [6, 6.07) is 10.3. The predicted molar refractivity (Wildman–Crippen MR) is 80.7 cm³/mol. The lowest BCUT2D eigenvalue weighted by Gasteiger charge is -2.20. The summed E-state index contributed by atoms with van der Waals surface area (Å²) in [4.78, 5) is 4.44. The zero-order valence-electron chi connectivity index (χ0n) is 11.6. The third-order valence-electron chi connectivity index (χ3n) is 3.05. The van der Waals surface area contributed by atoms with Crippen molar-refractivity contribution < 1.29 is 0 Å². The summed E-state index contributed by atoms with van der Waals surface area (Å²) in [5.74, 6) is 0. The van der Waals surface area contributed by atoms with E-state index in [1.165, 1.54) is 16.7 Å². The van der Waals surface area contributed by atoms with Crippen LogP contribution in [-0.4, -0.2) is 11.5 Å². The molecule has 0 saturated heterocycles. The summed E-state index contributed by atoms with van der Waals surface area (Å²) in [5, 5.41) is 4.17. The van der Waals surface area contributed by atoms with E-state index in [1.807, 2.05) is 12.1 Å². The minimum absolute atomic E-state index is 0.0392. The van der Waals surface area contributed by atoms with Crippen LogP contribution >= 0.6 is 11.6 Å². The molecule has 0 spiro atoms. The molecule has 19 heavy (non-hydrogen) atoms. The summed E-state index contributed by atoms with van der Waals surface area (Å²) in [7, 11) is 0. The molecule has 3 heteroatoms. The minimum Gasteiger partial charge on any atom is -0.305 e. The molecule has 100 valence electrons. The van der Waals surface area contributed by atoms with E-state index in [0.717, 1.165) is 12.2 Å². The van der Waals surface area contributed by atoms with Gasteiger partial charge < -0.3 is 5.32 Å². The molecule has 1 heterocycles. The number of nitrogens with zero attached hydrogens (tertiary/aromatic N) is 1. The molecular formula is C16H19ClN2. The monoisotopic (exact) mass is 274 g/mol. The number of pyridine rings is 1. The van der Waals surface area contributed by atoms with E-state index in [0.29, 0.717) is 5.02 Å². The van der Waals surface area contributed by atoms with E-state index in [2.05, 4.69) is 49.3 Å². The fraction of sp³-hybridized carbons (Fsp3) is 0.312. The molecule has 0 radical (unpaired) electrons. The average molecular weight is 275 g/mol. The van der Waals surface area contributed by atoms with E-state index in [9.17, 15) is 0 Å². The van der Waals surface area contributed by atoms with E-state index in [-0.39, 0.29) is 6.04 Å². The molecule has 0 amide bonds. The Morgan fingerprint density at radius 3 is 2.47 bits per heavy atom. The van der Waals surface area contributed by atoms with Crippen molar-refractivity contribution in [1.29, 1.82) is 0 Å². The number of aryl methyl sites for hydroxylation is 2. The van der Waals surface area contributed by atoms with Crippen LogP contribution in [0.1, 0.15) is 35.3 Å². The largest absolute Gasteiger partial charge is 0.305 e. The molecule has 0 fully saturated rings. The quantitative estimate of drug-likeness (QED) is 0.910. The van der Waals surface area contributed by atoms with Crippen molar-refractivity contribution >= 4 is 11.6 Å². The Hall–Kier alpha value is -1.38. The molecule has 0 bridgehead atoms. The third-order valence-corrected chi connectivity index (χ3v) is 3.37. The smallest absolute Gasteiger partial charge is 0.0804 e. The molecule has 2 rings (SSSR count). The number of benzene rings is 1. The number of halogens is 1. The second-order valence-corrected chi connectivity index (χ2v) is 5.19. The maximum Gasteiger partial charge on any atom is 0.0804 e. The molecule has 2 aromatic rings. The maximum atomic E-state index is 6.28. The van der Waals surface area contributed by atoms with Crippen molar-refractivity contribution in [1.82, 2.24) is 10.3 Å². The first kappa shape index (κ1) is 14.0. The Labute approximate surface area is 119 Å². The SMILES string of the molecule is CCNC(c1cc(C)cc(C)c1)c1ncccc1Cl. The number of rotatable bonds is 4. The van der Waals surface area contributed by atoms with Crippen LogP contribution in [0.3, 0.4) is 0 Å². The molecule has 0 saturated carbocycles. The molecule has 1 aromatic heterocycles. The minimum atomic E-state index is 0.0392. The molecular weight excluding hydrogens is 256 g/mol. The van der Waals surface area contributed by atoms with Gasteiger partial charge in [-0.25, -0.2) is 0 Å². The van der Waals surface area contributed by atoms with Crippen LogP contribution in [0.25, 0.3) is 0 Å². The first-order valence-corrected chi connectivity index (χ1v) is 6.91. The van der Waals surface area contributed by atoms with Crippen molar-refractivity contribution in [3.63, 3.8) is 0 Å².